The van der Waals surface area contributed by atoms with E-state index in [-0.39, 0.29) is 5.97 Å². The van der Waals surface area contributed by atoms with E-state index in [1.54, 1.807) is 23.1 Å². The van der Waals surface area contributed by atoms with Gasteiger partial charge in [-0.05, 0) is 37.0 Å². The summed E-state index contributed by atoms with van der Waals surface area (Å²) in [4.78, 5) is 12.4. The minimum absolute atomic E-state index is 0.0985. The van der Waals surface area contributed by atoms with Crippen molar-refractivity contribution in [2.75, 3.05) is 18.1 Å². The molecule has 0 saturated heterocycles. The van der Waals surface area contributed by atoms with Gasteiger partial charge in [-0.15, -0.1) is 11.3 Å². The Bertz CT molecular complexity index is 270. The SMILES string of the molecule is CCOC(=O)CSCCCc1cccs1. The molecule has 4 heteroatoms. The zero-order valence-corrected chi connectivity index (χ0v) is 10.5. The summed E-state index contributed by atoms with van der Waals surface area (Å²) in [6.45, 7) is 2.31. The number of rotatable bonds is 7. The first-order chi connectivity index (χ1) is 7.33. The molecule has 0 unspecified atom stereocenters. The number of thioether (sulfide) groups is 1. The van der Waals surface area contributed by atoms with Crippen molar-refractivity contribution in [3.05, 3.63) is 22.4 Å². The van der Waals surface area contributed by atoms with Gasteiger partial charge in [-0.1, -0.05) is 6.07 Å². The summed E-state index contributed by atoms with van der Waals surface area (Å²) in [6, 6.07) is 4.23. The van der Waals surface area contributed by atoms with E-state index in [9.17, 15) is 4.79 Å². The van der Waals surface area contributed by atoms with Gasteiger partial charge >= 0.3 is 5.97 Å². The summed E-state index contributed by atoms with van der Waals surface area (Å²) in [7, 11) is 0. The normalized spacial score (nSPS) is 10.2. The van der Waals surface area contributed by atoms with Crippen LogP contribution in [-0.4, -0.2) is 24.1 Å². The standard InChI is InChI=1S/C11H16O2S2/c1-2-13-11(12)9-14-7-3-5-10-6-4-8-15-10/h4,6,8H,2-3,5,7,9H2,1H3. The fourth-order valence-corrected chi connectivity index (χ4v) is 2.66. The van der Waals surface area contributed by atoms with E-state index in [2.05, 4.69) is 17.5 Å². The van der Waals surface area contributed by atoms with Gasteiger partial charge in [0.2, 0.25) is 0 Å². The van der Waals surface area contributed by atoms with Crippen LogP contribution in [0.25, 0.3) is 0 Å². The van der Waals surface area contributed by atoms with Crippen LogP contribution in [0.4, 0.5) is 0 Å². The van der Waals surface area contributed by atoms with Gasteiger partial charge in [0.1, 0.15) is 0 Å². The highest BCUT2D eigenvalue weighted by Gasteiger charge is 2.01. The van der Waals surface area contributed by atoms with Crippen LogP contribution < -0.4 is 0 Å². The number of esters is 1. The fourth-order valence-electron chi connectivity index (χ4n) is 1.16. The Morgan fingerprint density at radius 2 is 2.47 bits per heavy atom. The molecule has 0 amide bonds. The van der Waals surface area contributed by atoms with Crippen LogP contribution in [0, 0.1) is 0 Å². The molecule has 0 bridgehead atoms. The van der Waals surface area contributed by atoms with Gasteiger partial charge in [-0.2, -0.15) is 11.8 Å². The number of ether oxygens (including phenoxy) is 1. The molecule has 15 heavy (non-hydrogen) atoms. The minimum Gasteiger partial charge on any atom is -0.465 e. The Hall–Kier alpha value is -0.480. The van der Waals surface area contributed by atoms with Gasteiger partial charge in [-0.25, -0.2) is 0 Å². The van der Waals surface area contributed by atoms with E-state index in [1.165, 1.54) is 4.88 Å². The Labute approximate surface area is 99.0 Å². The first kappa shape index (κ1) is 12.6. The Morgan fingerprint density at radius 3 is 3.13 bits per heavy atom. The molecule has 84 valence electrons. The van der Waals surface area contributed by atoms with Crippen LogP contribution in [0.15, 0.2) is 17.5 Å². The monoisotopic (exact) mass is 244 g/mol. The summed E-state index contributed by atoms with van der Waals surface area (Å²) in [5.41, 5.74) is 0. The second-order valence-corrected chi connectivity index (χ2v) is 5.18. The van der Waals surface area contributed by atoms with Crippen molar-refractivity contribution < 1.29 is 9.53 Å². The molecule has 0 aliphatic carbocycles. The average Bonchev–Trinajstić information content (AvgIpc) is 2.70. The second-order valence-electron chi connectivity index (χ2n) is 3.04. The number of hydrogen-bond acceptors (Lipinski definition) is 4. The lowest BCUT2D eigenvalue weighted by Gasteiger charge is -2.01. The number of aryl methyl sites for hydroxylation is 1. The van der Waals surface area contributed by atoms with Crippen molar-refractivity contribution in [3.8, 4) is 0 Å². The van der Waals surface area contributed by atoms with Crippen molar-refractivity contribution in [1.82, 2.24) is 0 Å². The molecule has 1 aromatic rings. The largest absolute Gasteiger partial charge is 0.465 e. The molecular formula is C11H16O2S2. The highest BCUT2D eigenvalue weighted by atomic mass is 32.2. The van der Waals surface area contributed by atoms with Gasteiger partial charge in [0, 0.05) is 4.88 Å². The van der Waals surface area contributed by atoms with E-state index in [0.717, 1.165) is 18.6 Å². The van der Waals surface area contributed by atoms with Gasteiger partial charge < -0.3 is 4.74 Å². The van der Waals surface area contributed by atoms with Gasteiger partial charge in [-0.3, -0.25) is 4.79 Å². The van der Waals surface area contributed by atoms with Crippen LogP contribution in [0.2, 0.25) is 0 Å². The highest BCUT2D eigenvalue weighted by molar-refractivity contribution is 7.99. The van der Waals surface area contributed by atoms with E-state index >= 15 is 0 Å². The average molecular weight is 244 g/mol. The quantitative estimate of drug-likeness (QED) is 0.545. The Balaban J connectivity index is 1.95. The van der Waals surface area contributed by atoms with Crippen molar-refractivity contribution in [2.45, 2.75) is 19.8 Å². The van der Waals surface area contributed by atoms with Crippen molar-refractivity contribution >= 4 is 29.1 Å². The molecule has 0 saturated carbocycles. The number of carbonyl (C=O) groups excluding carboxylic acids is 1. The summed E-state index contributed by atoms with van der Waals surface area (Å²) >= 11 is 3.45. The van der Waals surface area contributed by atoms with Gasteiger partial charge in [0.25, 0.3) is 0 Å². The molecule has 0 aliphatic heterocycles. The maximum Gasteiger partial charge on any atom is 0.315 e. The molecule has 1 aromatic heterocycles. The summed E-state index contributed by atoms with van der Waals surface area (Å²) in [5.74, 6) is 1.41. The van der Waals surface area contributed by atoms with Gasteiger partial charge in [0.15, 0.2) is 0 Å². The molecule has 0 aromatic carbocycles. The second kappa shape index (κ2) is 7.77. The molecule has 0 aliphatic rings. The maximum absolute atomic E-state index is 11.0. The first-order valence-corrected chi connectivity index (χ1v) is 7.12. The molecule has 0 fully saturated rings. The molecule has 1 rings (SSSR count). The predicted molar refractivity (Wildman–Crippen MR) is 66.6 cm³/mol. The highest BCUT2D eigenvalue weighted by Crippen LogP contribution is 2.13. The summed E-state index contributed by atoms with van der Waals surface area (Å²) in [5, 5.41) is 2.10. The molecule has 0 atom stereocenters. The molecule has 0 N–H and O–H groups in total. The van der Waals surface area contributed by atoms with Crippen LogP contribution >= 0.6 is 23.1 Å². The third-order valence-electron chi connectivity index (χ3n) is 1.82. The number of thiophene rings is 1. The molecule has 2 nitrogen and oxygen atoms in total. The number of carbonyl (C=O) groups is 1. The van der Waals surface area contributed by atoms with Crippen LogP contribution in [0.1, 0.15) is 18.2 Å². The summed E-state index contributed by atoms with van der Waals surface area (Å²) in [6.07, 6.45) is 2.25. The van der Waals surface area contributed by atoms with E-state index in [4.69, 9.17) is 4.74 Å². The first-order valence-electron chi connectivity index (χ1n) is 5.08. The zero-order chi connectivity index (χ0) is 10.9. The van der Waals surface area contributed by atoms with E-state index < -0.39 is 0 Å². The third-order valence-corrected chi connectivity index (χ3v) is 3.77. The molecule has 0 spiro atoms. The van der Waals surface area contributed by atoms with Crippen LogP contribution in [-0.2, 0) is 16.0 Å². The van der Waals surface area contributed by atoms with Gasteiger partial charge in [0.05, 0.1) is 12.4 Å². The lowest BCUT2D eigenvalue weighted by atomic mass is 10.3. The summed E-state index contributed by atoms with van der Waals surface area (Å²) < 4.78 is 4.84. The fraction of sp³-hybridized carbons (Fsp3) is 0.545. The topological polar surface area (TPSA) is 26.3 Å². The van der Waals surface area contributed by atoms with E-state index in [1.807, 2.05) is 6.92 Å². The van der Waals surface area contributed by atoms with Crippen molar-refractivity contribution in [3.63, 3.8) is 0 Å². The Morgan fingerprint density at radius 1 is 1.60 bits per heavy atom. The minimum atomic E-state index is -0.0985. The van der Waals surface area contributed by atoms with Crippen molar-refractivity contribution in [2.24, 2.45) is 0 Å². The predicted octanol–water partition coefficient (Wildman–Crippen LogP) is 2.98. The van der Waals surface area contributed by atoms with Crippen LogP contribution in [0.3, 0.4) is 0 Å². The molecular weight excluding hydrogens is 228 g/mol. The third kappa shape index (κ3) is 5.85. The smallest absolute Gasteiger partial charge is 0.315 e. The number of hydrogen-bond donors (Lipinski definition) is 0. The van der Waals surface area contributed by atoms with E-state index in [0.29, 0.717) is 12.4 Å². The lowest BCUT2D eigenvalue weighted by Crippen LogP contribution is -2.07. The lowest BCUT2D eigenvalue weighted by molar-refractivity contribution is -0.139. The maximum atomic E-state index is 11.0. The zero-order valence-electron chi connectivity index (χ0n) is 8.90. The molecule has 1 heterocycles. The van der Waals surface area contributed by atoms with Crippen LogP contribution in [0.5, 0.6) is 0 Å². The molecule has 0 radical (unpaired) electrons. The Kier molecular flexibility index (Phi) is 6.52. The van der Waals surface area contributed by atoms with Crippen molar-refractivity contribution in [1.29, 1.82) is 0 Å².